The van der Waals surface area contributed by atoms with Gasteiger partial charge in [-0.1, -0.05) is 11.3 Å². The zero-order valence-electron chi connectivity index (χ0n) is 14.7. The molecule has 0 aromatic carbocycles. The molecule has 1 saturated heterocycles. The molecule has 1 fully saturated rings. The lowest BCUT2D eigenvalue weighted by molar-refractivity contribution is -0.152. The van der Waals surface area contributed by atoms with Crippen LogP contribution in [0.15, 0.2) is 28.5 Å². The van der Waals surface area contributed by atoms with Crippen molar-refractivity contribution in [2.24, 2.45) is 0 Å². The quantitative estimate of drug-likeness (QED) is 0.507. The van der Waals surface area contributed by atoms with Gasteiger partial charge in [0.2, 0.25) is 17.6 Å². The summed E-state index contributed by atoms with van der Waals surface area (Å²) < 4.78 is 5.09. The summed E-state index contributed by atoms with van der Waals surface area (Å²) >= 11 is 2.88. The molecule has 3 atom stereocenters. The fourth-order valence-electron chi connectivity index (χ4n) is 3.11. The molecule has 0 bridgehead atoms. The van der Waals surface area contributed by atoms with Crippen LogP contribution < -0.4 is 5.32 Å². The summed E-state index contributed by atoms with van der Waals surface area (Å²) in [7, 11) is 0. The molecule has 12 heteroatoms. The number of H-pyrrole nitrogens is 1. The first-order chi connectivity index (χ1) is 13.5. The Bertz CT molecular complexity index is 914. The molecule has 0 aliphatic carbocycles. The summed E-state index contributed by atoms with van der Waals surface area (Å²) in [5.74, 6) is -0.555. The van der Waals surface area contributed by atoms with Crippen molar-refractivity contribution < 1.29 is 19.1 Å². The maximum Gasteiger partial charge on any atom is 0.302 e. The van der Waals surface area contributed by atoms with Gasteiger partial charge < -0.3 is 15.0 Å². The summed E-state index contributed by atoms with van der Waals surface area (Å²) in [6.07, 6.45) is 0.237. The molecule has 2 aromatic heterocycles. The van der Waals surface area contributed by atoms with E-state index in [0.717, 1.165) is 4.88 Å². The first-order valence-corrected chi connectivity index (χ1v) is 10.2. The minimum absolute atomic E-state index is 0.0213. The number of aromatic amines is 1. The molecular weight excluding hydrogens is 404 g/mol. The van der Waals surface area contributed by atoms with Gasteiger partial charge in [-0.2, -0.15) is 5.21 Å². The standard InChI is InChI=1S/C16H16N6O4S2/c1-8(23)26-6-9-7-28-16-12(17-11(24)5-10-3-2-4-27-10)15(25)22(16)13(9)14-18-20-21-19-14/h2-4,7,12-13,16H,5-6H2,1H3,(H,17,24)(H,18,19,20,21)/t12?,13-,16?/m1/s1. The third-order valence-corrected chi connectivity index (χ3v) is 6.44. The zero-order chi connectivity index (χ0) is 19.7. The average Bonchev–Trinajstić information content (AvgIpc) is 3.37. The lowest BCUT2D eigenvalue weighted by Crippen LogP contribution is -2.71. The van der Waals surface area contributed by atoms with Crippen molar-refractivity contribution in [1.29, 1.82) is 0 Å². The minimum Gasteiger partial charge on any atom is -0.461 e. The summed E-state index contributed by atoms with van der Waals surface area (Å²) in [5, 5.41) is 20.2. The molecule has 28 heavy (non-hydrogen) atoms. The fourth-order valence-corrected chi connectivity index (χ4v) is 5.02. The Kier molecular flexibility index (Phi) is 5.13. The number of amides is 2. The molecule has 2 unspecified atom stereocenters. The molecule has 0 saturated carbocycles. The average molecular weight is 420 g/mol. The zero-order valence-corrected chi connectivity index (χ0v) is 16.3. The van der Waals surface area contributed by atoms with Gasteiger partial charge >= 0.3 is 5.97 Å². The van der Waals surface area contributed by atoms with E-state index in [1.807, 2.05) is 22.9 Å². The Morgan fingerprint density at radius 3 is 2.96 bits per heavy atom. The Morgan fingerprint density at radius 2 is 2.29 bits per heavy atom. The molecule has 2 aliphatic heterocycles. The van der Waals surface area contributed by atoms with Crippen molar-refractivity contribution in [2.75, 3.05) is 6.61 Å². The number of aromatic nitrogens is 4. The van der Waals surface area contributed by atoms with Crippen LogP contribution in [0.4, 0.5) is 0 Å². The Hall–Kier alpha value is -2.73. The van der Waals surface area contributed by atoms with Crippen LogP contribution in [0.2, 0.25) is 0 Å². The van der Waals surface area contributed by atoms with E-state index < -0.39 is 18.1 Å². The Labute approximate surface area is 167 Å². The van der Waals surface area contributed by atoms with E-state index >= 15 is 0 Å². The summed E-state index contributed by atoms with van der Waals surface area (Å²) in [4.78, 5) is 38.8. The molecule has 10 nitrogen and oxygen atoms in total. The summed E-state index contributed by atoms with van der Waals surface area (Å²) in [6, 6.07) is 2.54. The molecular formula is C16H16N6O4S2. The Morgan fingerprint density at radius 1 is 1.43 bits per heavy atom. The molecule has 2 amide bonds. The van der Waals surface area contributed by atoms with Crippen LogP contribution in [0.3, 0.4) is 0 Å². The van der Waals surface area contributed by atoms with E-state index in [-0.39, 0.29) is 30.2 Å². The number of carbonyl (C=O) groups is 3. The molecule has 0 radical (unpaired) electrons. The number of rotatable bonds is 6. The maximum atomic E-state index is 12.8. The molecule has 4 rings (SSSR count). The highest BCUT2D eigenvalue weighted by atomic mass is 32.2. The van der Waals surface area contributed by atoms with Gasteiger partial charge in [-0.15, -0.1) is 33.3 Å². The van der Waals surface area contributed by atoms with E-state index in [1.165, 1.54) is 30.0 Å². The third-order valence-electron chi connectivity index (χ3n) is 4.35. The van der Waals surface area contributed by atoms with Crippen LogP contribution >= 0.6 is 23.1 Å². The monoisotopic (exact) mass is 420 g/mol. The second kappa shape index (κ2) is 7.72. The fraction of sp³-hybridized carbons (Fsp3) is 0.375. The topological polar surface area (TPSA) is 130 Å². The van der Waals surface area contributed by atoms with Gasteiger partial charge in [-0.3, -0.25) is 14.4 Å². The summed E-state index contributed by atoms with van der Waals surface area (Å²) in [5.41, 5.74) is 0.676. The van der Waals surface area contributed by atoms with E-state index in [4.69, 9.17) is 4.74 Å². The molecule has 4 heterocycles. The van der Waals surface area contributed by atoms with E-state index in [1.54, 1.807) is 4.90 Å². The van der Waals surface area contributed by atoms with Gasteiger partial charge in [0, 0.05) is 17.4 Å². The van der Waals surface area contributed by atoms with Gasteiger partial charge in [0.1, 0.15) is 24.1 Å². The largest absolute Gasteiger partial charge is 0.461 e. The lowest BCUT2D eigenvalue weighted by Gasteiger charge is -2.51. The second-order valence-corrected chi connectivity index (χ2v) is 8.24. The van der Waals surface area contributed by atoms with Crippen LogP contribution in [0.25, 0.3) is 0 Å². The molecule has 2 aromatic rings. The van der Waals surface area contributed by atoms with Gasteiger partial charge in [-0.25, -0.2) is 0 Å². The van der Waals surface area contributed by atoms with E-state index in [0.29, 0.717) is 11.4 Å². The van der Waals surface area contributed by atoms with Crippen molar-refractivity contribution in [1.82, 2.24) is 30.8 Å². The van der Waals surface area contributed by atoms with Crippen LogP contribution in [-0.2, 0) is 25.5 Å². The number of esters is 1. The number of β-lactam (4-membered cyclic amide) rings is 1. The van der Waals surface area contributed by atoms with Crippen LogP contribution in [0.1, 0.15) is 23.7 Å². The van der Waals surface area contributed by atoms with Gasteiger partial charge in [0.15, 0.2) is 0 Å². The van der Waals surface area contributed by atoms with Crippen molar-refractivity contribution in [3.63, 3.8) is 0 Å². The SMILES string of the molecule is CC(=O)OCC1=CSC2C(NC(=O)Cc3cccs3)C(=O)N2[C@H]1c1nn[nH]n1. The molecule has 2 N–H and O–H groups in total. The maximum absolute atomic E-state index is 12.8. The smallest absolute Gasteiger partial charge is 0.302 e. The van der Waals surface area contributed by atoms with Crippen LogP contribution in [0, 0.1) is 0 Å². The number of thiophene rings is 1. The van der Waals surface area contributed by atoms with Crippen molar-refractivity contribution in [3.05, 3.63) is 39.2 Å². The molecule has 0 spiro atoms. The van der Waals surface area contributed by atoms with Crippen molar-refractivity contribution in [2.45, 2.75) is 30.8 Å². The predicted molar refractivity (Wildman–Crippen MR) is 99.8 cm³/mol. The number of thioether (sulfide) groups is 1. The van der Waals surface area contributed by atoms with Gasteiger partial charge in [0.25, 0.3) is 0 Å². The Balaban J connectivity index is 1.49. The number of fused-ring (bicyclic) bond motifs is 1. The number of ether oxygens (including phenoxy) is 1. The van der Waals surface area contributed by atoms with E-state index in [9.17, 15) is 14.4 Å². The molecule has 2 aliphatic rings. The first-order valence-electron chi connectivity index (χ1n) is 8.39. The van der Waals surface area contributed by atoms with Crippen LogP contribution in [0.5, 0.6) is 0 Å². The highest BCUT2D eigenvalue weighted by Gasteiger charge is 2.55. The highest BCUT2D eigenvalue weighted by molar-refractivity contribution is 8.02. The second-order valence-electron chi connectivity index (χ2n) is 6.22. The molecule has 146 valence electrons. The normalized spacial score (nSPS) is 23.5. The number of carbonyl (C=O) groups excluding carboxylic acids is 3. The number of tetrazole rings is 1. The predicted octanol–water partition coefficient (Wildman–Crippen LogP) is 0.392. The lowest BCUT2D eigenvalue weighted by atomic mass is 9.97. The van der Waals surface area contributed by atoms with E-state index in [2.05, 4.69) is 25.9 Å². The third kappa shape index (κ3) is 3.52. The van der Waals surface area contributed by atoms with Crippen LogP contribution in [-0.4, -0.2) is 61.3 Å². The number of nitrogens with one attached hydrogen (secondary N) is 2. The minimum atomic E-state index is -0.626. The first kappa shape index (κ1) is 18.6. The van der Waals surface area contributed by atoms with Gasteiger partial charge in [0.05, 0.1) is 6.42 Å². The number of nitrogens with zero attached hydrogens (tertiary/aromatic N) is 4. The number of hydrogen-bond acceptors (Lipinski definition) is 9. The number of hydrogen-bond donors (Lipinski definition) is 2. The van der Waals surface area contributed by atoms with Crippen molar-refractivity contribution in [3.8, 4) is 0 Å². The van der Waals surface area contributed by atoms with Crippen molar-refractivity contribution >= 4 is 40.9 Å². The highest BCUT2D eigenvalue weighted by Crippen LogP contribution is 2.45. The summed E-state index contributed by atoms with van der Waals surface area (Å²) in [6.45, 7) is 1.34. The van der Waals surface area contributed by atoms with Gasteiger partial charge in [-0.05, 0) is 16.9 Å².